The third kappa shape index (κ3) is 5.12. The normalized spacial score (nSPS) is 10.4. The Bertz CT molecular complexity index is 505. The second-order valence-electron chi connectivity index (χ2n) is 4.90. The highest BCUT2D eigenvalue weighted by molar-refractivity contribution is 5.29. The molecule has 0 heterocycles. The van der Waals surface area contributed by atoms with Gasteiger partial charge in [-0.05, 0) is 41.8 Å². The Morgan fingerprint density at radius 3 is 2.00 bits per heavy atom. The van der Waals surface area contributed by atoms with E-state index in [0.29, 0.717) is 19.8 Å². The van der Waals surface area contributed by atoms with E-state index < -0.39 is 0 Å². The van der Waals surface area contributed by atoms with Crippen LogP contribution in [0.5, 0.6) is 11.5 Å². The van der Waals surface area contributed by atoms with Gasteiger partial charge in [0.25, 0.3) is 0 Å². The summed E-state index contributed by atoms with van der Waals surface area (Å²) in [6, 6.07) is 16.1. The fourth-order valence-corrected chi connectivity index (χ4v) is 2.06. The lowest BCUT2D eigenvalue weighted by molar-refractivity contribution is 0.247. The summed E-state index contributed by atoms with van der Waals surface area (Å²) in [6.07, 6.45) is 1.88. The van der Waals surface area contributed by atoms with Gasteiger partial charge in [-0.25, -0.2) is 0 Å². The molecule has 21 heavy (non-hydrogen) atoms. The van der Waals surface area contributed by atoms with E-state index in [1.165, 1.54) is 5.56 Å². The van der Waals surface area contributed by atoms with Crippen LogP contribution in [-0.2, 0) is 13.0 Å². The zero-order valence-electron chi connectivity index (χ0n) is 12.5. The molecule has 0 unspecified atom stereocenters. The Morgan fingerprint density at radius 1 is 0.857 bits per heavy atom. The average molecular weight is 285 g/mol. The van der Waals surface area contributed by atoms with Crippen molar-refractivity contribution in [2.75, 3.05) is 13.2 Å². The van der Waals surface area contributed by atoms with E-state index in [2.05, 4.69) is 19.1 Å². The fraction of sp³-hybridized carbons (Fsp3) is 0.333. The van der Waals surface area contributed by atoms with Crippen LogP contribution < -0.4 is 15.2 Å². The van der Waals surface area contributed by atoms with Crippen molar-refractivity contribution in [1.29, 1.82) is 0 Å². The fourth-order valence-electron chi connectivity index (χ4n) is 2.06. The van der Waals surface area contributed by atoms with Gasteiger partial charge in [-0.2, -0.15) is 0 Å². The molecule has 3 nitrogen and oxygen atoms in total. The van der Waals surface area contributed by atoms with Crippen LogP contribution >= 0.6 is 0 Å². The number of ether oxygens (including phenoxy) is 2. The second kappa shape index (κ2) is 8.32. The Hall–Kier alpha value is -2.00. The van der Waals surface area contributed by atoms with E-state index in [-0.39, 0.29) is 0 Å². The lowest BCUT2D eigenvalue weighted by Crippen LogP contribution is -2.05. The highest BCUT2D eigenvalue weighted by Crippen LogP contribution is 2.15. The Labute approximate surface area is 126 Å². The van der Waals surface area contributed by atoms with Gasteiger partial charge in [0, 0.05) is 13.0 Å². The van der Waals surface area contributed by atoms with Crippen LogP contribution in [0.4, 0.5) is 0 Å². The molecule has 0 atom stereocenters. The van der Waals surface area contributed by atoms with Crippen molar-refractivity contribution in [2.45, 2.75) is 26.3 Å². The zero-order chi connectivity index (χ0) is 14.9. The molecule has 0 fully saturated rings. The third-order valence-corrected chi connectivity index (χ3v) is 3.27. The molecular weight excluding hydrogens is 262 g/mol. The molecule has 2 rings (SSSR count). The number of nitrogens with two attached hydrogens (primary N) is 1. The molecule has 0 saturated carbocycles. The van der Waals surface area contributed by atoms with Crippen molar-refractivity contribution in [3.8, 4) is 11.5 Å². The van der Waals surface area contributed by atoms with Crippen molar-refractivity contribution < 1.29 is 9.47 Å². The Morgan fingerprint density at radius 2 is 1.43 bits per heavy atom. The maximum Gasteiger partial charge on any atom is 0.119 e. The van der Waals surface area contributed by atoms with Gasteiger partial charge in [0.05, 0.1) is 13.2 Å². The summed E-state index contributed by atoms with van der Waals surface area (Å²) in [5, 5.41) is 0. The van der Waals surface area contributed by atoms with E-state index in [1.807, 2.05) is 36.4 Å². The second-order valence-corrected chi connectivity index (χ2v) is 4.90. The predicted molar refractivity (Wildman–Crippen MR) is 85.8 cm³/mol. The number of hydrogen-bond donors (Lipinski definition) is 1. The molecular formula is C18H23NO2. The smallest absolute Gasteiger partial charge is 0.119 e. The summed E-state index contributed by atoms with van der Waals surface area (Å²) in [5.74, 6) is 1.80. The van der Waals surface area contributed by atoms with Gasteiger partial charge in [0.2, 0.25) is 0 Å². The van der Waals surface area contributed by atoms with Crippen molar-refractivity contribution >= 4 is 0 Å². The van der Waals surface area contributed by atoms with Crippen LogP contribution in [0.1, 0.15) is 24.5 Å². The molecule has 2 aromatic rings. The number of hydrogen-bond acceptors (Lipinski definition) is 3. The first-order valence-corrected chi connectivity index (χ1v) is 7.45. The molecule has 0 aromatic heterocycles. The largest absolute Gasteiger partial charge is 0.493 e. The maximum atomic E-state index is 5.73. The summed E-state index contributed by atoms with van der Waals surface area (Å²) in [7, 11) is 0. The van der Waals surface area contributed by atoms with Gasteiger partial charge in [-0.15, -0.1) is 0 Å². The average Bonchev–Trinajstić information content (AvgIpc) is 2.55. The van der Waals surface area contributed by atoms with Gasteiger partial charge in [0.15, 0.2) is 0 Å². The topological polar surface area (TPSA) is 44.5 Å². The summed E-state index contributed by atoms with van der Waals surface area (Å²) in [4.78, 5) is 0. The predicted octanol–water partition coefficient (Wildman–Crippen LogP) is 3.56. The van der Waals surface area contributed by atoms with Crippen LogP contribution in [0.15, 0.2) is 48.5 Å². The molecule has 0 aliphatic rings. The highest BCUT2D eigenvalue weighted by Gasteiger charge is 1.98. The van der Waals surface area contributed by atoms with E-state index >= 15 is 0 Å². The number of aryl methyl sites for hydroxylation is 1. The molecule has 0 radical (unpaired) electrons. The minimum Gasteiger partial charge on any atom is -0.493 e. The van der Waals surface area contributed by atoms with Crippen LogP contribution in [0.2, 0.25) is 0 Å². The molecule has 2 aromatic carbocycles. The molecule has 0 bridgehead atoms. The van der Waals surface area contributed by atoms with Crippen LogP contribution in [0.25, 0.3) is 0 Å². The van der Waals surface area contributed by atoms with Gasteiger partial charge in [0.1, 0.15) is 11.5 Å². The molecule has 0 aliphatic heterocycles. The van der Waals surface area contributed by atoms with Gasteiger partial charge < -0.3 is 15.2 Å². The first kappa shape index (κ1) is 15.4. The van der Waals surface area contributed by atoms with Gasteiger partial charge >= 0.3 is 0 Å². The van der Waals surface area contributed by atoms with Crippen molar-refractivity contribution in [3.05, 3.63) is 59.7 Å². The lowest BCUT2D eigenvalue weighted by atomic mass is 10.2. The molecule has 3 heteroatoms. The van der Waals surface area contributed by atoms with Gasteiger partial charge in [-0.1, -0.05) is 31.2 Å². The molecule has 2 N–H and O–H groups in total. The van der Waals surface area contributed by atoms with E-state index in [4.69, 9.17) is 15.2 Å². The molecule has 0 saturated heterocycles. The van der Waals surface area contributed by atoms with Gasteiger partial charge in [-0.3, -0.25) is 0 Å². The summed E-state index contributed by atoms with van der Waals surface area (Å²) >= 11 is 0. The van der Waals surface area contributed by atoms with Crippen molar-refractivity contribution in [2.24, 2.45) is 5.73 Å². The highest BCUT2D eigenvalue weighted by atomic mass is 16.5. The Kier molecular flexibility index (Phi) is 6.10. The maximum absolute atomic E-state index is 5.73. The standard InChI is InChI=1S/C18H23NO2/c1-2-15-6-3-8-17(12-15)20-10-5-11-21-18-9-4-7-16(13-18)14-19/h3-4,6-9,12-13H,2,5,10-11,14,19H2,1H3. The minimum absolute atomic E-state index is 0.536. The summed E-state index contributed by atoms with van der Waals surface area (Å²) in [6.45, 7) is 3.97. The van der Waals surface area contributed by atoms with E-state index in [9.17, 15) is 0 Å². The summed E-state index contributed by atoms with van der Waals surface area (Å²) in [5.41, 5.74) is 7.98. The van der Waals surface area contributed by atoms with E-state index in [1.54, 1.807) is 0 Å². The monoisotopic (exact) mass is 285 g/mol. The Balaban J connectivity index is 1.69. The molecule has 0 spiro atoms. The first-order chi connectivity index (χ1) is 10.3. The van der Waals surface area contributed by atoms with Crippen LogP contribution in [-0.4, -0.2) is 13.2 Å². The minimum atomic E-state index is 0.536. The number of benzene rings is 2. The number of rotatable bonds is 8. The van der Waals surface area contributed by atoms with E-state index in [0.717, 1.165) is 29.9 Å². The van der Waals surface area contributed by atoms with Crippen LogP contribution in [0, 0.1) is 0 Å². The lowest BCUT2D eigenvalue weighted by Gasteiger charge is -2.09. The third-order valence-electron chi connectivity index (χ3n) is 3.27. The zero-order valence-corrected chi connectivity index (χ0v) is 12.5. The summed E-state index contributed by atoms with van der Waals surface area (Å²) < 4.78 is 11.4. The van der Waals surface area contributed by atoms with Crippen molar-refractivity contribution in [3.63, 3.8) is 0 Å². The molecule has 0 aliphatic carbocycles. The quantitative estimate of drug-likeness (QED) is 0.754. The molecule has 112 valence electrons. The van der Waals surface area contributed by atoms with Crippen LogP contribution in [0.3, 0.4) is 0 Å². The van der Waals surface area contributed by atoms with Crippen molar-refractivity contribution in [1.82, 2.24) is 0 Å². The molecule has 0 amide bonds. The SMILES string of the molecule is CCc1cccc(OCCCOc2cccc(CN)c2)c1. The first-order valence-electron chi connectivity index (χ1n) is 7.45.